The number of para-hydroxylation sites is 2. The van der Waals surface area contributed by atoms with Gasteiger partial charge in [-0.15, -0.1) is 0 Å². The topological polar surface area (TPSA) is 62.5 Å². The summed E-state index contributed by atoms with van der Waals surface area (Å²) in [5, 5.41) is 4.23. The van der Waals surface area contributed by atoms with Gasteiger partial charge in [0.25, 0.3) is 5.91 Å². The summed E-state index contributed by atoms with van der Waals surface area (Å²) in [5.74, 6) is 0.627. The molecule has 0 radical (unpaired) electrons. The Bertz CT molecular complexity index is 954. The van der Waals surface area contributed by atoms with Gasteiger partial charge in [-0.25, -0.2) is 10.4 Å². The van der Waals surface area contributed by atoms with Crippen LogP contribution >= 0.6 is 0 Å². The van der Waals surface area contributed by atoms with Crippen LogP contribution in [0.3, 0.4) is 0 Å². The molecule has 3 rings (SSSR count). The summed E-state index contributed by atoms with van der Waals surface area (Å²) in [5.41, 5.74) is 7.32. The molecule has 134 valence electrons. The number of hydrogen-bond acceptors (Lipinski definition) is 4. The molecule has 0 atom stereocenters. The molecule has 1 N–H and O–H groups in total. The van der Waals surface area contributed by atoms with E-state index in [1.165, 1.54) is 0 Å². The summed E-state index contributed by atoms with van der Waals surface area (Å²) in [4.78, 5) is 18.8. The van der Waals surface area contributed by atoms with Gasteiger partial charge in [-0.3, -0.25) is 4.79 Å². The molecular weight excluding hydrogens is 326 g/mol. The Morgan fingerprint density at radius 1 is 1.15 bits per heavy atom. The first-order valence-corrected chi connectivity index (χ1v) is 8.48. The molecule has 26 heavy (non-hydrogen) atoms. The van der Waals surface area contributed by atoms with Gasteiger partial charge in [-0.1, -0.05) is 24.3 Å². The highest BCUT2D eigenvalue weighted by atomic mass is 16.2. The third-order valence-electron chi connectivity index (χ3n) is 4.30. The fourth-order valence-electron chi connectivity index (χ4n) is 2.79. The van der Waals surface area contributed by atoms with Crippen LogP contribution in [-0.4, -0.2) is 35.3 Å². The van der Waals surface area contributed by atoms with Gasteiger partial charge in [0.05, 0.1) is 16.7 Å². The third kappa shape index (κ3) is 3.74. The quantitative estimate of drug-likeness (QED) is 0.569. The first-order chi connectivity index (χ1) is 12.5. The Labute approximate surface area is 153 Å². The van der Waals surface area contributed by atoms with Crippen LogP contribution in [0.4, 0.5) is 5.69 Å². The fourth-order valence-corrected chi connectivity index (χ4v) is 2.79. The van der Waals surface area contributed by atoms with E-state index in [9.17, 15) is 4.79 Å². The first-order valence-electron chi connectivity index (χ1n) is 8.48. The van der Waals surface area contributed by atoms with E-state index in [1.54, 1.807) is 0 Å². The molecule has 3 aromatic rings. The molecule has 1 amide bonds. The van der Waals surface area contributed by atoms with E-state index >= 15 is 0 Å². The number of hydrazone groups is 1. The van der Waals surface area contributed by atoms with E-state index in [1.807, 2.05) is 85.9 Å². The molecule has 0 unspecified atom stereocenters. The lowest BCUT2D eigenvalue weighted by molar-refractivity contribution is -0.121. The Balaban J connectivity index is 1.69. The van der Waals surface area contributed by atoms with Gasteiger partial charge < -0.3 is 9.47 Å². The van der Waals surface area contributed by atoms with Crippen molar-refractivity contribution in [3.05, 3.63) is 59.9 Å². The van der Waals surface area contributed by atoms with E-state index in [0.717, 1.165) is 33.8 Å². The number of aryl methyl sites for hydroxylation is 1. The minimum absolute atomic E-state index is 0.180. The number of nitrogens with zero attached hydrogens (tertiary/aromatic N) is 4. The summed E-state index contributed by atoms with van der Waals surface area (Å²) in [6.45, 7) is 3.96. The van der Waals surface area contributed by atoms with E-state index in [4.69, 9.17) is 0 Å². The lowest BCUT2D eigenvalue weighted by Crippen LogP contribution is -2.24. The van der Waals surface area contributed by atoms with Crippen molar-refractivity contribution >= 4 is 28.3 Å². The average Bonchev–Trinajstić information content (AvgIpc) is 2.95. The maximum absolute atomic E-state index is 12.3. The number of imidazole rings is 1. The van der Waals surface area contributed by atoms with Gasteiger partial charge in [0.2, 0.25) is 0 Å². The summed E-state index contributed by atoms with van der Waals surface area (Å²) in [6, 6.07) is 15.8. The number of carbonyl (C=O) groups is 1. The second-order valence-corrected chi connectivity index (χ2v) is 6.41. The Morgan fingerprint density at radius 2 is 1.85 bits per heavy atom. The molecular formula is C20H23N5O. The monoisotopic (exact) mass is 349 g/mol. The zero-order valence-corrected chi connectivity index (χ0v) is 15.5. The molecule has 6 heteroatoms. The molecule has 6 nitrogen and oxygen atoms in total. The maximum Gasteiger partial charge on any atom is 0.260 e. The number of aromatic nitrogens is 2. The molecule has 1 aromatic heterocycles. The van der Waals surface area contributed by atoms with Crippen LogP contribution in [0, 0.1) is 6.92 Å². The van der Waals surface area contributed by atoms with Crippen molar-refractivity contribution in [3.63, 3.8) is 0 Å². The molecule has 2 aromatic carbocycles. The second-order valence-electron chi connectivity index (χ2n) is 6.41. The zero-order valence-electron chi connectivity index (χ0n) is 15.5. The third-order valence-corrected chi connectivity index (χ3v) is 4.30. The summed E-state index contributed by atoms with van der Waals surface area (Å²) < 4.78 is 1.89. The molecule has 0 saturated carbocycles. The lowest BCUT2D eigenvalue weighted by Gasteiger charge is -2.12. The number of hydrogen-bond donors (Lipinski definition) is 1. The maximum atomic E-state index is 12.3. The van der Waals surface area contributed by atoms with Crippen molar-refractivity contribution < 1.29 is 4.79 Å². The number of nitrogens with one attached hydrogen (secondary N) is 1. The molecule has 0 spiro atoms. The average molecular weight is 349 g/mol. The van der Waals surface area contributed by atoms with Crippen LogP contribution in [0.1, 0.15) is 18.3 Å². The number of benzene rings is 2. The van der Waals surface area contributed by atoms with Gasteiger partial charge in [0.15, 0.2) is 0 Å². The minimum Gasteiger partial charge on any atom is -0.378 e. The van der Waals surface area contributed by atoms with Crippen LogP contribution in [0.15, 0.2) is 53.6 Å². The number of fused-ring (bicyclic) bond motifs is 1. The zero-order chi connectivity index (χ0) is 18.7. The van der Waals surface area contributed by atoms with Crippen LogP contribution in [0.2, 0.25) is 0 Å². The van der Waals surface area contributed by atoms with Crippen molar-refractivity contribution in [2.24, 2.45) is 5.10 Å². The van der Waals surface area contributed by atoms with E-state index in [0.29, 0.717) is 0 Å². The molecule has 0 saturated heterocycles. The molecule has 0 aliphatic rings. The lowest BCUT2D eigenvalue weighted by atomic mass is 10.1. The van der Waals surface area contributed by atoms with Crippen molar-refractivity contribution in [1.29, 1.82) is 0 Å². The van der Waals surface area contributed by atoms with Gasteiger partial charge in [0, 0.05) is 19.8 Å². The molecule has 0 aliphatic heterocycles. The van der Waals surface area contributed by atoms with Crippen LogP contribution in [-0.2, 0) is 11.3 Å². The molecule has 0 aliphatic carbocycles. The van der Waals surface area contributed by atoms with Crippen molar-refractivity contribution in [2.45, 2.75) is 20.4 Å². The first kappa shape index (κ1) is 17.7. The summed E-state index contributed by atoms with van der Waals surface area (Å²) in [6.07, 6.45) is 0. The van der Waals surface area contributed by atoms with Crippen molar-refractivity contribution in [3.8, 4) is 0 Å². The Hall–Kier alpha value is -3.15. The van der Waals surface area contributed by atoms with Gasteiger partial charge >= 0.3 is 0 Å². The highest BCUT2D eigenvalue weighted by Gasteiger charge is 2.10. The van der Waals surface area contributed by atoms with Gasteiger partial charge in [-0.05, 0) is 43.7 Å². The minimum atomic E-state index is -0.180. The standard InChI is InChI=1S/C20H23N5O/c1-14(16-9-11-17(12-10-16)24(3)4)22-23-20(26)13-25-15(2)21-18-7-5-6-8-19(18)25/h5-12H,13H2,1-4H3,(H,23,26)/b22-14-. The smallest absolute Gasteiger partial charge is 0.260 e. The van der Waals surface area contributed by atoms with Crippen LogP contribution < -0.4 is 10.3 Å². The van der Waals surface area contributed by atoms with E-state index < -0.39 is 0 Å². The second kappa shape index (κ2) is 7.39. The SMILES string of the molecule is C/C(=N/NC(=O)Cn1c(C)nc2ccccc21)c1ccc(N(C)C)cc1. The summed E-state index contributed by atoms with van der Waals surface area (Å²) >= 11 is 0. The fraction of sp³-hybridized carbons (Fsp3) is 0.250. The number of rotatable bonds is 5. The predicted molar refractivity (Wildman–Crippen MR) is 106 cm³/mol. The van der Waals surface area contributed by atoms with Gasteiger partial charge in [0.1, 0.15) is 12.4 Å². The largest absolute Gasteiger partial charge is 0.378 e. The highest BCUT2D eigenvalue weighted by molar-refractivity contribution is 5.99. The predicted octanol–water partition coefficient (Wildman–Crippen LogP) is 2.95. The van der Waals surface area contributed by atoms with Crippen LogP contribution in [0.25, 0.3) is 11.0 Å². The van der Waals surface area contributed by atoms with Crippen molar-refractivity contribution in [1.82, 2.24) is 15.0 Å². The number of anilines is 1. The molecule has 1 heterocycles. The number of carbonyl (C=O) groups excluding carboxylic acids is 1. The highest BCUT2D eigenvalue weighted by Crippen LogP contribution is 2.15. The Morgan fingerprint density at radius 3 is 2.54 bits per heavy atom. The van der Waals surface area contributed by atoms with Crippen LogP contribution in [0.5, 0.6) is 0 Å². The molecule has 0 bridgehead atoms. The van der Waals surface area contributed by atoms with E-state index in [-0.39, 0.29) is 12.5 Å². The van der Waals surface area contributed by atoms with Gasteiger partial charge in [-0.2, -0.15) is 5.10 Å². The normalized spacial score (nSPS) is 11.6. The summed E-state index contributed by atoms with van der Waals surface area (Å²) in [7, 11) is 4.00. The number of amides is 1. The van der Waals surface area contributed by atoms with E-state index in [2.05, 4.69) is 15.5 Å². The molecule has 0 fully saturated rings. The Kier molecular flexibility index (Phi) is 5.02. The van der Waals surface area contributed by atoms with Crippen molar-refractivity contribution in [2.75, 3.05) is 19.0 Å².